The average Bonchev–Trinajstić information content (AvgIpc) is 2.69. The van der Waals surface area contributed by atoms with E-state index >= 15 is 0 Å². The third-order valence-corrected chi connectivity index (χ3v) is 6.24. The lowest BCUT2D eigenvalue weighted by Gasteiger charge is -2.20. The van der Waals surface area contributed by atoms with Crippen LogP contribution in [0.15, 0.2) is 58.2 Å². The van der Waals surface area contributed by atoms with Crippen LogP contribution >= 0.6 is 0 Å². The van der Waals surface area contributed by atoms with Gasteiger partial charge in [-0.15, -0.1) is 0 Å². The molecule has 0 aliphatic heterocycles. The minimum atomic E-state index is -4.04. The van der Waals surface area contributed by atoms with Crippen molar-refractivity contribution in [3.63, 3.8) is 0 Å². The van der Waals surface area contributed by atoms with Crippen molar-refractivity contribution in [2.75, 3.05) is 5.32 Å². The van der Waals surface area contributed by atoms with Crippen LogP contribution in [0.2, 0.25) is 0 Å². The highest BCUT2D eigenvalue weighted by Gasteiger charge is 2.27. The first-order valence-corrected chi connectivity index (χ1v) is 11.3. The number of anilines is 1. The molecule has 3 aromatic rings. The van der Waals surface area contributed by atoms with Crippen LogP contribution in [-0.2, 0) is 14.8 Å². The van der Waals surface area contributed by atoms with Crippen LogP contribution in [0.3, 0.4) is 0 Å². The van der Waals surface area contributed by atoms with Gasteiger partial charge in [0.25, 0.3) is 0 Å². The lowest BCUT2D eigenvalue weighted by atomic mass is 10.0. The van der Waals surface area contributed by atoms with Crippen molar-refractivity contribution in [1.29, 1.82) is 0 Å². The molecule has 0 bridgehead atoms. The van der Waals surface area contributed by atoms with Gasteiger partial charge < -0.3 is 10.3 Å². The molecule has 1 aromatic heterocycles. The fourth-order valence-electron chi connectivity index (χ4n) is 3.13. The first-order chi connectivity index (χ1) is 14.5. The first kappa shape index (κ1) is 22.6. The molecule has 0 fully saturated rings. The summed E-state index contributed by atoms with van der Waals surface area (Å²) in [6, 6.07) is 10.3. The number of fused-ring (bicyclic) bond motifs is 1. The van der Waals surface area contributed by atoms with Crippen molar-refractivity contribution in [2.24, 2.45) is 5.92 Å². The minimum Gasteiger partial charge on any atom is -0.325 e. The molecule has 0 saturated carbocycles. The zero-order valence-corrected chi connectivity index (χ0v) is 18.2. The van der Waals surface area contributed by atoms with Crippen molar-refractivity contribution < 1.29 is 17.6 Å². The molecule has 2 aromatic carbocycles. The molecule has 0 radical (unpaired) electrons. The van der Waals surface area contributed by atoms with E-state index in [9.17, 15) is 22.4 Å². The molecule has 0 aliphatic carbocycles. The van der Waals surface area contributed by atoms with E-state index < -0.39 is 27.8 Å². The van der Waals surface area contributed by atoms with E-state index in [1.807, 2.05) is 13.8 Å². The number of aromatic nitrogens is 1. The molecular formula is C22H24FN3O4S. The molecule has 1 amide bonds. The number of aromatic amines is 1. The molecule has 1 atom stereocenters. The topological polar surface area (TPSA) is 108 Å². The number of aryl methyl sites for hydroxylation is 1. The molecule has 7 nitrogen and oxygen atoms in total. The van der Waals surface area contributed by atoms with E-state index in [2.05, 4.69) is 15.0 Å². The summed E-state index contributed by atoms with van der Waals surface area (Å²) >= 11 is 0. The fraction of sp³-hybridized carbons (Fsp3) is 0.273. The number of hydrogen-bond acceptors (Lipinski definition) is 4. The van der Waals surface area contributed by atoms with Crippen LogP contribution in [0.4, 0.5) is 10.1 Å². The Morgan fingerprint density at radius 2 is 1.84 bits per heavy atom. The summed E-state index contributed by atoms with van der Waals surface area (Å²) in [7, 11) is -4.04. The molecule has 9 heteroatoms. The molecule has 3 N–H and O–H groups in total. The largest absolute Gasteiger partial charge is 0.325 e. The van der Waals surface area contributed by atoms with E-state index in [1.54, 1.807) is 13.0 Å². The number of amides is 1. The molecule has 0 spiro atoms. The Kier molecular flexibility index (Phi) is 6.56. The number of pyridine rings is 1. The maximum absolute atomic E-state index is 13.8. The number of H-pyrrole nitrogens is 1. The molecular weight excluding hydrogens is 421 g/mol. The Balaban J connectivity index is 1.86. The second-order valence-corrected chi connectivity index (χ2v) is 9.54. The fourth-order valence-corrected chi connectivity index (χ4v) is 4.38. The van der Waals surface area contributed by atoms with Crippen molar-refractivity contribution in [3.8, 4) is 0 Å². The van der Waals surface area contributed by atoms with E-state index in [0.717, 1.165) is 0 Å². The molecule has 0 saturated heterocycles. The van der Waals surface area contributed by atoms with Crippen LogP contribution in [-0.4, -0.2) is 25.4 Å². The number of carbonyl (C=O) groups excluding carboxylic acids is 1. The van der Waals surface area contributed by atoms with Gasteiger partial charge in [-0.25, -0.2) is 12.8 Å². The van der Waals surface area contributed by atoms with E-state index in [1.165, 1.54) is 42.5 Å². The Labute approximate surface area is 179 Å². The maximum atomic E-state index is 13.8. The number of benzene rings is 2. The predicted octanol–water partition coefficient (Wildman–Crippen LogP) is 3.31. The van der Waals surface area contributed by atoms with E-state index in [-0.39, 0.29) is 28.5 Å². The summed E-state index contributed by atoms with van der Waals surface area (Å²) in [5.41, 5.74) is 0.901. The van der Waals surface area contributed by atoms with Gasteiger partial charge in [0.05, 0.1) is 4.90 Å². The van der Waals surface area contributed by atoms with Gasteiger partial charge in [0, 0.05) is 17.3 Å². The normalized spacial score (nSPS) is 12.8. The van der Waals surface area contributed by atoms with Crippen molar-refractivity contribution in [2.45, 2.75) is 38.1 Å². The van der Waals surface area contributed by atoms with E-state index in [4.69, 9.17) is 0 Å². The number of carbonyl (C=O) groups is 1. The third-order valence-electron chi connectivity index (χ3n) is 4.77. The second-order valence-electron chi connectivity index (χ2n) is 7.83. The highest BCUT2D eigenvalue weighted by atomic mass is 32.2. The summed E-state index contributed by atoms with van der Waals surface area (Å²) in [5.74, 6) is -1.02. The number of halogens is 1. The van der Waals surface area contributed by atoms with Crippen LogP contribution < -0.4 is 15.6 Å². The number of hydrogen-bond donors (Lipinski definition) is 3. The van der Waals surface area contributed by atoms with Crippen molar-refractivity contribution in [3.05, 3.63) is 70.3 Å². The van der Waals surface area contributed by atoms with Gasteiger partial charge in [-0.05, 0) is 66.6 Å². The van der Waals surface area contributed by atoms with Gasteiger partial charge in [0.1, 0.15) is 11.9 Å². The third kappa shape index (κ3) is 5.56. The molecule has 31 heavy (non-hydrogen) atoms. The summed E-state index contributed by atoms with van der Waals surface area (Å²) in [5, 5.41) is 3.12. The van der Waals surface area contributed by atoms with Crippen molar-refractivity contribution >= 4 is 32.5 Å². The Morgan fingerprint density at radius 3 is 2.52 bits per heavy atom. The summed E-state index contributed by atoms with van der Waals surface area (Å²) in [6.45, 7) is 5.34. The van der Waals surface area contributed by atoms with Gasteiger partial charge in [-0.2, -0.15) is 4.72 Å². The molecule has 164 valence electrons. The zero-order chi connectivity index (χ0) is 22.8. The zero-order valence-electron chi connectivity index (χ0n) is 17.4. The first-order valence-electron chi connectivity index (χ1n) is 9.77. The van der Waals surface area contributed by atoms with Crippen LogP contribution in [0, 0.1) is 18.7 Å². The highest BCUT2D eigenvalue weighted by Crippen LogP contribution is 2.19. The van der Waals surface area contributed by atoms with Crippen LogP contribution in [0.25, 0.3) is 10.9 Å². The summed E-state index contributed by atoms with van der Waals surface area (Å²) in [4.78, 5) is 26.8. The van der Waals surface area contributed by atoms with Crippen molar-refractivity contribution in [1.82, 2.24) is 9.71 Å². The number of sulfonamides is 1. The quantitative estimate of drug-likeness (QED) is 0.518. The van der Waals surface area contributed by atoms with Gasteiger partial charge >= 0.3 is 0 Å². The lowest BCUT2D eigenvalue weighted by Crippen LogP contribution is -2.44. The summed E-state index contributed by atoms with van der Waals surface area (Å²) < 4.78 is 42.2. The Bertz CT molecular complexity index is 1290. The Morgan fingerprint density at radius 1 is 1.10 bits per heavy atom. The predicted molar refractivity (Wildman–Crippen MR) is 118 cm³/mol. The molecule has 1 heterocycles. The molecule has 1 unspecified atom stereocenters. The van der Waals surface area contributed by atoms with Gasteiger partial charge in [-0.1, -0.05) is 19.9 Å². The second kappa shape index (κ2) is 8.99. The van der Waals surface area contributed by atoms with Gasteiger partial charge in [0.15, 0.2) is 0 Å². The minimum absolute atomic E-state index is 0.0230. The number of nitrogens with one attached hydrogen (secondary N) is 3. The monoisotopic (exact) mass is 445 g/mol. The average molecular weight is 446 g/mol. The summed E-state index contributed by atoms with van der Waals surface area (Å²) in [6.07, 6.45) is 0.250. The highest BCUT2D eigenvalue weighted by molar-refractivity contribution is 7.89. The molecule has 0 aliphatic rings. The van der Waals surface area contributed by atoms with Gasteiger partial charge in [0.2, 0.25) is 21.5 Å². The van der Waals surface area contributed by atoms with Crippen LogP contribution in [0.5, 0.6) is 0 Å². The van der Waals surface area contributed by atoms with E-state index in [0.29, 0.717) is 16.5 Å². The van der Waals surface area contributed by atoms with Crippen LogP contribution in [0.1, 0.15) is 25.8 Å². The standard InChI is InChI=1S/C22H24FN3O4S/c1-13(2)10-20(22(28)24-16-6-4-14(3)18(23)12-16)26-31(29,30)17-7-8-19-15(11-17)5-9-21(27)25-19/h4-9,11-13,20,26H,10H2,1-3H3,(H,24,28)(H,25,27). The maximum Gasteiger partial charge on any atom is 0.248 e. The SMILES string of the molecule is Cc1ccc(NC(=O)C(CC(C)C)NS(=O)(=O)c2ccc3[nH]c(=O)ccc3c2)cc1F. The van der Waals surface area contributed by atoms with Gasteiger partial charge in [-0.3, -0.25) is 9.59 Å². The Hall–Kier alpha value is -3.04. The smallest absolute Gasteiger partial charge is 0.248 e. The molecule has 3 rings (SSSR count). The number of rotatable bonds is 7. The lowest BCUT2D eigenvalue weighted by molar-refractivity contribution is -0.118.